The monoisotopic (exact) mass is 454 g/mol. The fourth-order valence-corrected chi connectivity index (χ4v) is 4.70. The Labute approximate surface area is 193 Å². The zero-order valence-electron chi connectivity index (χ0n) is 18.7. The van der Waals surface area contributed by atoms with Crippen molar-refractivity contribution in [2.45, 2.75) is 39.3 Å². The molecule has 8 nitrogen and oxygen atoms in total. The van der Waals surface area contributed by atoms with Crippen LogP contribution in [-0.2, 0) is 16.1 Å². The smallest absolute Gasteiger partial charge is 0.298 e. The number of hydrogen-bond donors (Lipinski definition) is 2. The van der Waals surface area contributed by atoms with Crippen LogP contribution in [0.25, 0.3) is 0 Å². The Morgan fingerprint density at radius 1 is 1.28 bits per heavy atom. The Morgan fingerprint density at radius 3 is 2.84 bits per heavy atom. The summed E-state index contributed by atoms with van der Waals surface area (Å²) in [5.74, 6) is 6.84. The molecule has 0 radical (unpaired) electrons. The van der Waals surface area contributed by atoms with E-state index in [0.717, 1.165) is 73.9 Å². The van der Waals surface area contributed by atoms with Crippen molar-refractivity contribution in [1.29, 1.82) is 0 Å². The minimum absolute atomic E-state index is 0.102. The molecule has 170 valence electrons. The normalized spacial score (nSPS) is 19.2. The van der Waals surface area contributed by atoms with Crippen molar-refractivity contribution < 1.29 is 9.53 Å². The summed E-state index contributed by atoms with van der Waals surface area (Å²) in [6.07, 6.45) is 3.80. The fraction of sp³-hybridized carbons (Fsp3) is 0.522. The van der Waals surface area contributed by atoms with Crippen LogP contribution in [0.3, 0.4) is 0 Å². The molecule has 0 aromatic carbocycles. The number of thiazole rings is 1. The number of nitrogens with one attached hydrogen (secondary N) is 2. The largest absolute Gasteiger partial charge is 0.379 e. The maximum absolute atomic E-state index is 12.2. The van der Waals surface area contributed by atoms with Gasteiger partial charge in [0.15, 0.2) is 5.13 Å². The van der Waals surface area contributed by atoms with Gasteiger partial charge in [-0.3, -0.25) is 9.69 Å². The molecule has 0 saturated carbocycles. The summed E-state index contributed by atoms with van der Waals surface area (Å²) in [6, 6.07) is 4.35. The summed E-state index contributed by atoms with van der Waals surface area (Å²) < 4.78 is 5.49. The minimum Gasteiger partial charge on any atom is -0.379 e. The third kappa shape index (κ3) is 6.19. The fourth-order valence-electron chi connectivity index (χ4n) is 4.03. The van der Waals surface area contributed by atoms with E-state index >= 15 is 0 Å². The van der Waals surface area contributed by atoms with Gasteiger partial charge in [0.05, 0.1) is 13.2 Å². The third-order valence-corrected chi connectivity index (χ3v) is 6.37. The molecule has 2 aliphatic rings. The number of rotatable bonds is 6. The first-order chi connectivity index (χ1) is 15.6. The molecule has 4 heterocycles. The van der Waals surface area contributed by atoms with E-state index in [-0.39, 0.29) is 11.9 Å². The highest BCUT2D eigenvalue weighted by atomic mass is 32.1. The number of morpholine rings is 1. The van der Waals surface area contributed by atoms with Gasteiger partial charge in [0.2, 0.25) is 0 Å². The highest BCUT2D eigenvalue weighted by molar-refractivity contribution is 7.15. The lowest BCUT2D eigenvalue weighted by atomic mass is 10.1. The number of aryl methyl sites for hydroxylation is 1. The van der Waals surface area contributed by atoms with Crippen molar-refractivity contribution in [2.24, 2.45) is 0 Å². The number of amides is 1. The summed E-state index contributed by atoms with van der Waals surface area (Å²) in [5, 5.41) is 7.75. The molecule has 0 spiro atoms. The van der Waals surface area contributed by atoms with E-state index < -0.39 is 0 Å². The Bertz CT molecular complexity index is 992. The molecule has 9 heteroatoms. The molecule has 2 fully saturated rings. The zero-order chi connectivity index (χ0) is 22.3. The van der Waals surface area contributed by atoms with Gasteiger partial charge in [-0.1, -0.05) is 5.92 Å². The lowest BCUT2D eigenvalue weighted by Gasteiger charge is -2.32. The maximum atomic E-state index is 12.2. The van der Waals surface area contributed by atoms with Gasteiger partial charge in [-0.05, 0) is 50.3 Å². The molecule has 0 aliphatic carbocycles. The summed E-state index contributed by atoms with van der Waals surface area (Å²) in [4.78, 5) is 26.8. The topological polar surface area (TPSA) is 82.6 Å². The number of aromatic nitrogens is 2. The second-order valence-electron chi connectivity index (χ2n) is 8.15. The van der Waals surface area contributed by atoms with E-state index in [1.54, 1.807) is 18.3 Å². The molecular formula is C23H30N6O2S. The highest BCUT2D eigenvalue weighted by Crippen LogP contribution is 2.25. The van der Waals surface area contributed by atoms with E-state index in [4.69, 9.17) is 9.72 Å². The number of pyridine rings is 1. The van der Waals surface area contributed by atoms with E-state index in [9.17, 15) is 4.79 Å². The van der Waals surface area contributed by atoms with Crippen molar-refractivity contribution in [3.8, 4) is 11.8 Å². The average Bonchev–Trinajstić information content (AvgIpc) is 3.19. The number of ether oxygens (including phenoxy) is 1. The van der Waals surface area contributed by atoms with Gasteiger partial charge >= 0.3 is 0 Å². The number of likely N-dealkylation sites (tertiary alicyclic amines) is 1. The van der Waals surface area contributed by atoms with Crippen LogP contribution in [0.15, 0.2) is 18.3 Å². The van der Waals surface area contributed by atoms with Crippen molar-refractivity contribution in [1.82, 2.24) is 19.8 Å². The predicted molar refractivity (Wildman–Crippen MR) is 127 cm³/mol. The van der Waals surface area contributed by atoms with E-state index in [0.29, 0.717) is 6.54 Å². The van der Waals surface area contributed by atoms with Crippen molar-refractivity contribution in [2.75, 3.05) is 50.0 Å². The van der Waals surface area contributed by atoms with E-state index in [1.807, 2.05) is 18.0 Å². The molecule has 32 heavy (non-hydrogen) atoms. The van der Waals surface area contributed by atoms with Gasteiger partial charge in [0.1, 0.15) is 11.6 Å². The number of piperidine rings is 1. The second-order valence-corrected chi connectivity index (χ2v) is 9.38. The summed E-state index contributed by atoms with van der Waals surface area (Å²) >= 11 is 1.61. The summed E-state index contributed by atoms with van der Waals surface area (Å²) in [7, 11) is 0. The quantitative estimate of drug-likeness (QED) is 0.650. The van der Waals surface area contributed by atoms with Crippen LogP contribution in [0, 0.1) is 18.8 Å². The molecule has 2 aromatic rings. The Morgan fingerprint density at radius 2 is 2.09 bits per heavy atom. The van der Waals surface area contributed by atoms with Gasteiger partial charge < -0.3 is 20.3 Å². The first-order valence-corrected chi connectivity index (χ1v) is 11.9. The average molecular weight is 455 g/mol. The van der Waals surface area contributed by atoms with Crippen molar-refractivity contribution in [3.05, 3.63) is 28.8 Å². The molecule has 4 rings (SSSR count). The second kappa shape index (κ2) is 10.8. The van der Waals surface area contributed by atoms with E-state index in [1.165, 1.54) is 5.56 Å². The summed E-state index contributed by atoms with van der Waals surface area (Å²) in [5.41, 5.74) is 1.18. The summed E-state index contributed by atoms with van der Waals surface area (Å²) in [6.45, 7) is 9.36. The molecule has 2 N–H and O–H groups in total. The molecule has 0 bridgehead atoms. The van der Waals surface area contributed by atoms with Gasteiger partial charge in [-0.25, -0.2) is 9.97 Å². The molecule has 2 saturated heterocycles. The van der Waals surface area contributed by atoms with Crippen molar-refractivity contribution in [3.63, 3.8) is 0 Å². The lowest BCUT2D eigenvalue weighted by molar-refractivity contribution is -0.126. The van der Waals surface area contributed by atoms with Crippen LogP contribution < -0.4 is 10.6 Å². The van der Waals surface area contributed by atoms with Crippen LogP contribution in [0.5, 0.6) is 0 Å². The maximum Gasteiger partial charge on any atom is 0.298 e. The minimum atomic E-state index is -0.102. The molecular weight excluding hydrogens is 424 g/mol. The molecule has 1 atom stereocenters. The molecule has 0 unspecified atom stereocenters. The van der Waals surface area contributed by atoms with Gasteiger partial charge in [0, 0.05) is 49.8 Å². The molecule has 2 aromatic heterocycles. The Hall–Kier alpha value is -2.67. The van der Waals surface area contributed by atoms with E-state index in [2.05, 4.69) is 44.5 Å². The highest BCUT2D eigenvalue weighted by Gasteiger charge is 2.23. The zero-order valence-corrected chi connectivity index (χ0v) is 19.5. The van der Waals surface area contributed by atoms with Crippen LogP contribution in [0.1, 0.15) is 30.2 Å². The Balaban J connectivity index is 1.51. The first-order valence-electron chi connectivity index (χ1n) is 11.1. The first kappa shape index (κ1) is 22.5. The Kier molecular flexibility index (Phi) is 7.58. The number of carbonyl (C=O) groups is 1. The van der Waals surface area contributed by atoms with Crippen LogP contribution in [0.2, 0.25) is 0 Å². The van der Waals surface area contributed by atoms with Crippen LogP contribution in [0.4, 0.5) is 16.8 Å². The third-order valence-electron chi connectivity index (χ3n) is 5.54. The molecule has 2 aliphatic heterocycles. The SMILES string of the molecule is CC#CC(=O)N1CCC[C@@H](Nc2cc(CN3CCOCC3)cc(Nc3ncc(C)s3)n2)C1. The van der Waals surface area contributed by atoms with Crippen LogP contribution in [-0.4, -0.2) is 71.1 Å². The van der Waals surface area contributed by atoms with Gasteiger partial charge in [0.25, 0.3) is 5.91 Å². The van der Waals surface area contributed by atoms with Crippen LogP contribution >= 0.6 is 11.3 Å². The van der Waals surface area contributed by atoms with Gasteiger partial charge in [-0.2, -0.15) is 0 Å². The van der Waals surface area contributed by atoms with Crippen molar-refractivity contribution >= 4 is 34.0 Å². The number of nitrogens with zero attached hydrogens (tertiary/aromatic N) is 4. The predicted octanol–water partition coefficient (Wildman–Crippen LogP) is 2.85. The number of carbonyl (C=O) groups excluding carboxylic acids is 1. The number of hydrogen-bond acceptors (Lipinski definition) is 8. The van der Waals surface area contributed by atoms with Gasteiger partial charge in [-0.15, -0.1) is 11.3 Å². The standard InChI is InChI=1S/C23H30N6O2S/c1-3-5-22(30)29-7-4-6-19(16-29)25-20-12-18(15-28-8-10-31-11-9-28)13-21(26-20)27-23-24-14-17(2)32-23/h12-14,19H,4,6-11,15-16H2,1-2H3,(H2,24,25,26,27)/t19-/m1/s1. The lowest BCUT2D eigenvalue weighted by Crippen LogP contribution is -2.44. The molecule has 1 amide bonds. The number of anilines is 3.